The van der Waals surface area contributed by atoms with Crippen LogP contribution in [0.15, 0.2) is 16.8 Å². The first-order chi connectivity index (χ1) is 9.69. The lowest BCUT2D eigenvalue weighted by molar-refractivity contribution is -0.118. The largest absolute Gasteiger partial charge is 0.381 e. The van der Waals surface area contributed by atoms with Crippen molar-refractivity contribution in [2.45, 2.75) is 38.1 Å². The molecule has 0 spiro atoms. The first-order valence-electron chi connectivity index (χ1n) is 7.01. The standard InChI is InChI=1S/C14H20FN2O2P/c15-13(9-10-1-2-10)17-12(5-8-20)14(18)16-11-3-6-19-7-4-11/h5,8,10-11,20H,1-4,6-7,9H2,(H,16,18)/b12-5-,17-13?. The maximum Gasteiger partial charge on any atom is 0.270 e. The average molecular weight is 298 g/mol. The number of amides is 1. The summed E-state index contributed by atoms with van der Waals surface area (Å²) < 4.78 is 18.9. The monoisotopic (exact) mass is 298 g/mol. The summed E-state index contributed by atoms with van der Waals surface area (Å²) in [5, 5.41) is 2.88. The molecular weight excluding hydrogens is 278 g/mol. The lowest BCUT2D eigenvalue weighted by Crippen LogP contribution is -2.39. The third-order valence-corrected chi connectivity index (χ3v) is 3.59. The molecule has 2 fully saturated rings. The minimum Gasteiger partial charge on any atom is -0.381 e. The van der Waals surface area contributed by atoms with Gasteiger partial charge in [-0.05, 0) is 43.5 Å². The summed E-state index contributed by atoms with van der Waals surface area (Å²) in [5.41, 5.74) is 0.102. The van der Waals surface area contributed by atoms with Gasteiger partial charge in [-0.2, -0.15) is 4.39 Å². The topological polar surface area (TPSA) is 50.7 Å². The second-order valence-electron chi connectivity index (χ2n) is 5.21. The van der Waals surface area contributed by atoms with Gasteiger partial charge >= 0.3 is 0 Å². The Kier molecular flexibility index (Phi) is 5.86. The third kappa shape index (κ3) is 5.14. The molecule has 1 saturated carbocycles. The molecule has 2 rings (SSSR count). The van der Waals surface area contributed by atoms with Crippen molar-refractivity contribution in [1.82, 2.24) is 5.32 Å². The van der Waals surface area contributed by atoms with Gasteiger partial charge in [-0.15, -0.1) is 8.86 Å². The van der Waals surface area contributed by atoms with Gasteiger partial charge in [0.1, 0.15) is 5.70 Å². The number of halogens is 1. The number of nitrogens with one attached hydrogen (secondary N) is 1. The second-order valence-corrected chi connectivity index (χ2v) is 5.55. The van der Waals surface area contributed by atoms with Gasteiger partial charge in [0, 0.05) is 25.7 Å². The first kappa shape index (κ1) is 15.3. The molecule has 1 aliphatic carbocycles. The molecule has 0 aromatic rings. The van der Waals surface area contributed by atoms with Crippen LogP contribution in [0.25, 0.3) is 0 Å². The van der Waals surface area contributed by atoms with Gasteiger partial charge in [0.2, 0.25) is 0 Å². The summed E-state index contributed by atoms with van der Waals surface area (Å²) in [5.74, 6) is 1.12. The molecule has 1 aliphatic heterocycles. The minimum absolute atomic E-state index is 0.0797. The van der Waals surface area contributed by atoms with E-state index in [2.05, 4.69) is 19.2 Å². The molecule has 0 radical (unpaired) electrons. The fourth-order valence-corrected chi connectivity index (χ4v) is 2.24. The van der Waals surface area contributed by atoms with Gasteiger partial charge in [0.15, 0.2) is 5.97 Å². The van der Waals surface area contributed by atoms with E-state index in [9.17, 15) is 9.18 Å². The van der Waals surface area contributed by atoms with Gasteiger partial charge in [-0.25, -0.2) is 4.99 Å². The molecule has 0 aromatic carbocycles. The first-order valence-corrected chi connectivity index (χ1v) is 7.59. The maximum atomic E-state index is 13.7. The highest BCUT2D eigenvalue weighted by Gasteiger charge is 2.24. The molecule has 2 aliphatic rings. The van der Waals surface area contributed by atoms with Crippen LogP contribution in [0.5, 0.6) is 0 Å². The average Bonchev–Trinajstić information content (AvgIpc) is 3.23. The zero-order chi connectivity index (χ0) is 14.4. The second kappa shape index (κ2) is 7.65. The number of aliphatic imine (C=N–C) groups is 1. The Morgan fingerprint density at radius 2 is 2.05 bits per heavy atom. The molecule has 6 heteroatoms. The Morgan fingerprint density at radius 1 is 1.35 bits per heavy atom. The summed E-state index contributed by atoms with van der Waals surface area (Å²) >= 11 is 0. The van der Waals surface area contributed by atoms with Crippen molar-refractivity contribution >= 4 is 26.5 Å². The van der Waals surface area contributed by atoms with E-state index in [1.165, 1.54) is 11.9 Å². The molecule has 0 aromatic heterocycles. The number of nitrogens with zero attached hydrogens (tertiary/aromatic N) is 1. The van der Waals surface area contributed by atoms with Crippen LogP contribution in [0.2, 0.25) is 0 Å². The van der Waals surface area contributed by atoms with E-state index in [0.717, 1.165) is 25.7 Å². The van der Waals surface area contributed by atoms with Gasteiger partial charge < -0.3 is 10.1 Å². The van der Waals surface area contributed by atoms with Crippen LogP contribution in [0.3, 0.4) is 0 Å². The zero-order valence-corrected chi connectivity index (χ0v) is 12.4. The number of hydrogen-bond acceptors (Lipinski definition) is 3. The highest BCUT2D eigenvalue weighted by molar-refractivity contribution is 7.18. The van der Waals surface area contributed by atoms with Crippen LogP contribution in [0.1, 0.15) is 32.1 Å². The maximum absolute atomic E-state index is 13.7. The van der Waals surface area contributed by atoms with E-state index in [1.807, 2.05) is 0 Å². The van der Waals surface area contributed by atoms with E-state index >= 15 is 0 Å². The van der Waals surface area contributed by atoms with Gasteiger partial charge in [-0.1, -0.05) is 0 Å². The van der Waals surface area contributed by atoms with Crippen molar-refractivity contribution in [2.24, 2.45) is 10.9 Å². The minimum atomic E-state index is -0.464. The summed E-state index contributed by atoms with van der Waals surface area (Å²) in [6, 6.07) is 0.0797. The summed E-state index contributed by atoms with van der Waals surface area (Å²) in [4.78, 5) is 15.9. The van der Waals surface area contributed by atoms with Crippen LogP contribution < -0.4 is 5.32 Å². The van der Waals surface area contributed by atoms with Crippen LogP contribution in [-0.4, -0.2) is 36.9 Å². The summed E-state index contributed by atoms with van der Waals surface area (Å²) in [6.07, 6.45) is 5.48. The molecule has 1 N–H and O–H groups in total. The highest BCUT2D eigenvalue weighted by Crippen LogP contribution is 2.33. The van der Waals surface area contributed by atoms with Crippen molar-refractivity contribution in [1.29, 1.82) is 0 Å². The molecule has 1 heterocycles. The van der Waals surface area contributed by atoms with Gasteiger partial charge in [0.05, 0.1) is 0 Å². The molecule has 20 heavy (non-hydrogen) atoms. The van der Waals surface area contributed by atoms with E-state index in [4.69, 9.17) is 4.74 Å². The molecule has 1 saturated heterocycles. The molecule has 0 atom stereocenters. The molecule has 110 valence electrons. The lowest BCUT2D eigenvalue weighted by atomic mass is 10.1. The smallest absolute Gasteiger partial charge is 0.270 e. The number of hydrogen-bond donors (Lipinski definition) is 1. The van der Waals surface area contributed by atoms with Crippen LogP contribution in [0, 0.1) is 5.92 Å². The van der Waals surface area contributed by atoms with Gasteiger partial charge in [-0.3, -0.25) is 4.79 Å². The van der Waals surface area contributed by atoms with Crippen LogP contribution >= 0.6 is 8.86 Å². The predicted molar refractivity (Wildman–Crippen MR) is 80.3 cm³/mol. The number of ether oxygens (including phenoxy) is 1. The summed E-state index contributed by atoms with van der Waals surface area (Å²) in [6.45, 7) is 1.29. The Hall–Kier alpha value is -1.06. The number of carbonyl (C=O) groups excluding carboxylic acids is 1. The molecule has 0 bridgehead atoms. The van der Waals surface area contributed by atoms with Crippen molar-refractivity contribution < 1.29 is 13.9 Å². The Balaban J connectivity index is 1.93. The van der Waals surface area contributed by atoms with Crippen molar-refractivity contribution in [3.05, 3.63) is 11.8 Å². The molecular formula is C14H20FN2O2P. The normalized spacial score (nSPS) is 21.6. The van der Waals surface area contributed by atoms with Crippen molar-refractivity contribution in [2.75, 3.05) is 13.2 Å². The fraction of sp³-hybridized carbons (Fsp3) is 0.643. The number of carbonyl (C=O) groups is 1. The number of rotatable bonds is 6. The third-order valence-electron chi connectivity index (χ3n) is 3.43. The van der Waals surface area contributed by atoms with Crippen LogP contribution in [0.4, 0.5) is 4.39 Å². The fourth-order valence-electron chi connectivity index (χ4n) is 2.08. The Bertz CT molecular complexity index is 427. The molecule has 0 unspecified atom stereocenters. The lowest BCUT2D eigenvalue weighted by Gasteiger charge is -2.23. The van der Waals surface area contributed by atoms with Gasteiger partial charge in [0.25, 0.3) is 5.91 Å². The highest BCUT2D eigenvalue weighted by atomic mass is 31.0. The Morgan fingerprint density at radius 3 is 2.65 bits per heavy atom. The predicted octanol–water partition coefficient (Wildman–Crippen LogP) is 2.28. The summed E-state index contributed by atoms with van der Waals surface area (Å²) in [7, 11) is 3.15. The van der Waals surface area contributed by atoms with E-state index in [-0.39, 0.29) is 17.6 Å². The van der Waals surface area contributed by atoms with Crippen molar-refractivity contribution in [3.8, 4) is 0 Å². The molecule has 1 amide bonds. The zero-order valence-electron chi connectivity index (χ0n) is 11.4. The van der Waals surface area contributed by atoms with E-state index in [1.54, 1.807) is 0 Å². The van der Waals surface area contributed by atoms with Crippen molar-refractivity contribution in [3.63, 3.8) is 0 Å². The number of allylic oxidation sites excluding steroid dienone is 1. The van der Waals surface area contributed by atoms with E-state index < -0.39 is 5.97 Å². The van der Waals surface area contributed by atoms with E-state index in [0.29, 0.717) is 25.6 Å². The SMILES string of the molecule is O=C(NC1CCOCC1)/C(=C/C=P)N=C(F)CC1CC1. The Labute approximate surface area is 120 Å². The quantitative estimate of drug-likeness (QED) is 0.464. The van der Waals surface area contributed by atoms with Crippen LogP contribution in [-0.2, 0) is 9.53 Å². The molecule has 4 nitrogen and oxygen atoms in total.